The molecule has 5 heteroatoms. The molecule has 1 aromatic carbocycles. The van der Waals surface area contributed by atoms with Gasteiger partial charge in [0, 0.05) is 30.2 Å². The number of nitrogens with one attached hydrogen (secondary N) is 2. The molecule has 2 aromatic rings. The number of pyridine rings is 1. The largest absolute Gasteiger partial charge is 0.326 e. The van der Waals surface area contributed by atoms with Gasteiger partial charge in [-0.3, -0.25) is 14.6 Å². The minimum atomic E-state index is -0.226. The van der Waals surface area contributed by atoms with Crippen molar-refractivity contribution < 1.29 is 9.59 Å². The molecular weight excluding hydrogens is 254 g/mol. The molecule has 0 aliphatic heterocycles. The van der Waals surface area contributed by atoms with Crippen LogP contribution in [0.5, 0.6) is 0 Å². The number of hydrogen-bond acceptors (Lipinski definition) is 3. The molecule has 0 fully saturated rings. The van der Waals surface area contributed by atoms with Crippen LogP contribution in [0.4, 0.5) is 11.4 Å². The summed E-state index contributed by atoms with van der Waals surface area (Å²) in [5, 5.41) is 5.45. The van der Waals surface area contributed by atoms with Gasteiger partial charge in [0.15, 0.2) is 0 Å². The van der Waals surface area contributed by atoms with Gasteiger partial charge in [-0.15, -0.1) is 0 Å². The third kappa shape index (κ3) is 3.41. The van der Waals surface area contributed by atoms with E-state index < -0.39 is 0 Å². The van der Waals surface area contributed by atoms with Crippen LogP contribution >= 0.6 is 0 Å². The first-order valence-electron chi connectivity index (χ1n) is 6.17. The highest BCUT2D eigenvalue weighted by Gasteiger charge is 2.09. The van der Waals surface area contributed by atoms with E-state index in [-0.39, 0.29) is 11.8 Å². The fraction of sp³-hybridized carbons (Fsp3) is 0.133. The smallest absolute Gasteiger partial charge is 0.257 e. The van der Waals surface area contributed by atoms with E-state index >= 15 is 0 Å². The number of carbonyl (C=O) groups excluding carboxylic acids is 2. The van der Waals surface area contributed by atoms with E-state index in [1.54, 1.807) is 49.5 Å². The maximum absolute atomic E-state index is 12.1. The zero-order valence-corrected chi connectivity index (χ0v) is 11.3. The Hall–Kier alpha value is -2.69. The number of anilines is 2. The van der Waals surface area contributed by atoms with Crippen molar-refractivity contribution in [3.05, 3.63) is 53.9 Å². The van der Waals surface area contributed by atoms with Crippen LogP contribution in [0.25, 0.3) is 0 Å². The highest BCUT2D eigenvalue weighted by Crippen LogP contribution is 2.16. The number of aryl methyl sites for hydroxylation is 1. The Bertz CT molecular complexity index is 653. The number of hydrogen-bond donors (Lipinski definition) is 2. The first kappa shape index (κ1) is 13.7. The van der Waals surface area contributed by atoms with Crippen LogP contribution in [0.3, 0.4) is 0 Å². The highest BCUT2D eigenvalue weighted by atomic mass is 16.2. The number of amides is 2. The number of carbonyl (C=O) groups is 2. The van der Waals surface area contributed by atoms with Gasteiger partial charge in [0.05, 0.1) is 5.56 Å². The first-order chi connectivity index (χ1) is 9.56. The quantitative estimate of drug-likeness (QED) is 0.899. The molecule has 1 heterocycles. The summed E-state index contributed by atoms with van der Waals surface area (Å²) in [4.78, 5) is 27.2. The van der Waals surface area contributed by atoms with Crippen molar-refractivity contribution in [1.82, 2.24) is 4.98 Å². The van der Waals surface area contributed by atoms with Gasteiger partial charge in [-0.05, 0) is 37.3 Å². The van der Waals surface area contributed by atoms with Gasteiger partial charge in [0.1, 0.15) is 0 Å². The Kier molecular flexibility index (Phi) is 4.10. The molecule has 0 bridgehead atoms. The van der Waals surface area contributed by atoms with E-state index in [1.165, 1.54) is 6.92 Å². The van der Waals surface area contributed by atoms with Crippen molar-refractivity contribution in [2.75, 3.05) is 10.6 Å². The van der Waals surface area contributed by atoms with Crippen molar-refractivity contribution in [3.8, 4) is 0 Å². The maximum Gasteiger partial charge on any atom is 0.257 e. The van der Waals surface area contributed by atoms with Gasteiger partial charge >= 0.3 is 0 Å². The predicted molar refractivity (Wildman–Crippen MR) is 77.7 cm³/mol. The average Bonchev–Trinajstić information content (AvgIpc) is 2.38. The average molecular weight is 269 g/mol. The monoisotopic (exact) mass is 269 g/mol. The van der Waals surface area contributed by atoms with Gasteiger partial charge in [-0.25, -0.2) is 0 Å². The maximum atomic E-state index is 12.1. The van der Waals surface area contributed by atoms with Crippen molar-refractivity contribution in [2.24, 2.45) is 0 Å². The summed E-state index contributed by atoms with van der Waals surface area (Å²) in [7, 11) is 0. The van der Waals surface area contributed by atoms with E-state index in [0.717, 1.165) is 0 Å². The van der Waals surface area contributed by atoms with Crippen LogP contribution < -0.4 is 10.6 Å². The second-order valence-corrected chi connectivity index (χ2v) is 4.35. The summed E-state index contributed by atoms with van der Waals surface area (Å²) in [5.41, 5.74) is 2.45. The molecule has 0 aliphatic carbocycles. The molecule has 0 unspecified atom stereocenters. The topological polar surface area (TPSA) is 71.1 Å². The Balaban J connectivity index is 2.16. The standard InChI is InChI=1S/C15H15N3O2/c1-10-14(7-4-8-16-10)15(20)18-13-6-3-5-12(9-13)17-11(2)19/h3-9H,1-2H3,(H,17,19)(H,18,20). The van der Waals surface area contributed by atoms with Gasteiger partial charge in [-0.1, -0.05) is 6.07 Å². The molecule has 5 nitrogen and oxygen atoms in total. The Morgan fingerprint density at radius 3 is 2.40 bits per heavy atom. The molecule has 0 atom stereocenters. The molecule has 2 N–H and O–H groups in total. The highest BCUT2D eigenvalue weighted by molar-refractivity contribution is 6.05. The first-order valence-corrected chi connectivity index (χ1v) is 6.17. The summed E-state index contributed by atoms with van der Waals surface area (Å²) >= 11 is 0. The zero-order valence-electron chi connectivity index (χ0n) is 11.3. The number of aromatic nitrogens is 1. The van der Waals surface area contributed by atoms with E-state index in [2.05, 4.69) is 15.6 Å². The summed E-state index contributed by atoms with van der Waals surface area (Å²) in [6, 6.07) is 10.4. The van der Waals surface area contributed by atoms with E-state index in [4.69, 9.17) is 0 Å². The van der Waals surface area contributed by atoms with Crippen LogP contribution in [0.1, 0.15) is 23.0 Å². The zero-order chi connectivity index (χ0) is 14.5. The van der Waals surface area contributed by atoms with Crippen molar-refractivity contribution in [2.45, 2.75) is 13.8 Å². The summed E-state index contributed by atoms with van der Waals surface area (Å²) < 4.78 is 0. The van der Waals surface area contributed by atoms with Gasteiger partial charge in [0.25, 0.3) is 5.91 Å². The molecule has 20 heavy (non-hydrogen) atoms. The van der Waals surface area contributed by atoms with Crippen LogP contribution in [0, 0.1) is 6.92 Å². The predicted octanol–water partition coefficient (Wildman–Crippen LogP) is 2.60. The second kappa shape index (κ2) is 5.97. The van der Waals surface area contributed by atoms with Crippen LogP contribution in [-0.4, -0.2) is 16.8 Å². The van der Waals surface area contributed by atoms with Crippen molar-refractivity contribution in [3.63, 3.8) is 0 Å². The Morgan fingerprint density at radius 1 is 1.05 bits per heavy atom. The van der Waals surface area contributed by atoms with Crippen LogP contribution in [0.15, 0.2) is 42.6 Å². The fourth-order valence-electron chi connectivity index (χ4n) is 1.80. The lowest BCUT2D eigenvalue weighted by atomic mass is 10.2. The summed E-state index contributed by atoms with van der Waals surface area (Å²) in [6.07, 6.45) is 1.64. The third-order valence-corrected chi connectivity index (χ3v) is 2.69. The van der Waals surface area contributed by atoms with Gasteiger partial charge in [-0.2, -0.15) is 0 Å². The molecule has 102 valence electrons. The molecule has 1 aromatic heterocycles. The normalized spacial score (nSPS) is 9.90. The number of nitrogens with zero attached hydrogens (tertiary/aromatic N) is 1. The molecule has 2 amide bonds. The van der Waals surface area contributed by atoms with Crippen molar-refractivity contribution >= 4 is 23.2 Å². The molecule has 2 rings (SSSR count). The molecule has 0 spiro atoms. The minimum Gasteiger partial charge on any atom is -0.326 e. The van der Waals surface area contributed by atoms with E-state index in [0.29, 0.717) is 22.6 Å². The summed E-state index contributed by atoms with van der Waals surface area (Å²) in [6.45, 7) is 3.22. The van der Waals surface area contributed by atoms with E-state index in [9.17, 15) is 9.59 Å². The number of rotatable bonds is 3. The molecule has 0 aliphatic rings. The van der Waals surface area contributed by atoms with Crippen molar-refractivity contribution in [1.29, 1.82) is 0 Å². The number of benzene rings is 1. The molecule has 0 saturated heterocycles. The van der Waals surface area contributed by atoms with Gasteiger partial charge in [0.2, 0.25) is 5.91 Å². The third-order valence-electron chi connectivity index (χ3n) is 2.69. The second-order valence-electron chi connectivity index (χ2n) is 4.35. The lowest BCUT2D eigenvalue weighted by molar-refractivity contribution is -0.114. The lowest BCUT2D eigenvalue weighted by Gasteiger charge is -2.08. The van der Waals surface area contributed by atoms with Gasteiger partial charge < -0.3 is 10.6 Å². The minimum absolute atomic E-state index is 0.156. The Morgan fingerprint density at radius 2 is 1.75 bits per heavy atom. The summed E-state index contributed by atoms with van der Waals surface area (Å²) in [5.74, 6) is -0.382. The fourth-order valence-corrected chi connectivity index (χ4v) is 1.80. The molecule has 0 saturated carbocycles. The lowest BCUT2D eigenvalue weighted by Crippen LogP contribution is -2.14. The van der Waals surface area contributed by atoms with E-state index in [1.807, 2.05) is 0 Å². The molecular formula is C15H15N3O2. The van der Waals surface area contributed by atoms with Crippen LogP contribution in [-0.2, 0) is 4.79 Å². The van der Waals surface area contributed by atoms with Crippen LogP contribution in [0.2, 0.25) is 0 Å². The molecule has 0 radical (unpaired) electrons. The Labute approximate surface area is 117 Å². The SMILES string of the molecule is CC(=O)Nc1cccc(NC(=O)c2cccnc2C)c1.